The molecule has 0 unspecified atom stereocenters. The Bertz CT molecular complexity index is 1300. The first-order valence-electron chi connectivity index (χ1n) is 9.48. The van der Waals surface area contributed by atoms with E-state index in [-0.39, 0.29) is 9.10 Å². The van der Waals surface area contributed by atoms with Gasteiger partial charge in [-0.15, -0.1) is 11.3 Å². The van der Waals surface area contributed by atoms with Crippen LogP contribution >= 0.6 is 11.3 Å². The standard InChI is InChI=1S/C21H22N2O4S3/c1-15-6-3-8-20(16(15)2)29(24,25)22-18-11-10-17-7-4-12-23(19(17)14-18)30(26,27)21-9-5-13-28-21/h3,5-6,8-11,13-14,22H,4,7,12H2,1-2H3. The molecule has 1 aliphatic heterocycles. The highest BCUT2D eigenvalue weighted by Crippen LogP contribution is 2.35. The molecule has 0 spiro atoms. The highest BCUT2D eigenvalue weighted by molar-refractivity contribution is 7.94. The molecule has 0 saturated carbocycles. The summed E-state index contributed by atoms with van der Waals surface area (Å²) in [5.41, 5.74) is 3.32. The van der Waals surface area contributed by atoms with E-state index in [1.165, 1.54) is 15.6 Å². The number of aryl methyl sites for hydroxylation is 2. The van der Waals surface area contributed by atoms with Crippen molar-refractivity contribution in [1.29, 1.82) is 0 Å². The maximum atomic E-state index is 13.1. The second-order valence-electron chi connectivity index (χ2n) is 7.26. The average molecular weight is 463 g/mol. The van der Waals surface area contributed by atoms with E-state index < -0.39 is 20.0 Å². The van der Waals surface area contributed by atoms with Crippen LogP contribution in [0.3, 0.4) is 0 Å². The summed E-state index contributed by atoms with van der Waals surface area (Å²) in [6, 6.07) is 13.5. The van der Waals surface area contributed by atoms with Gasteiger partial charge in [0.15, 0.2) is 0 Å². The lowest BCUT2D eigenvalue weighted by Gasteiger charge is -2.30. The number of hydrogen-bond donors (Lipinski definition) is 1. The highest BCUT2D eigenvalue weighted by atomic mass is 32.2. The van der Waals surface area contributed by atoms with Gasteiger partial charge in [-0.25, -0.2) is 16.8 Å². The van der Waals surface area contributed by atoms with Crippen molar-refractivity contribution in [2.45, 2.75) is 35.8 Å². The minimum absolute atomic E-state index is 0.211. The summed E-state index contributed by atoms with van der Waals surface area (Å²) in [4.78, 5) is 0.211. The van der Waals surface area contributed by atoms with Crippen LogP contribution < -0.4 is 9.03 Å². The molecule has 6 nitrogen and oxygen atoms in total. The number of hydrogen-bond acceptors (Lipinski definition) is 5. The summed E-state index contributed by atoms with van der Waals surface area (Å²) >= 11 is 1.17. The van der Waals surface area contributed by atoms with Gasteiger partial charge in [-0.2, -0.15) is 0 Å². The maximum absolute atomic E-state index is 13.1. The first kappa shape index (κ1) is 20.9. The molecular formula is C21H22N2O4S3. The molecule has 4 rings (SSSR count). The lowest BCUT2D eigenvalue weighted by atomic mass is 10.0. The van der Waals surface area contributed by atoms with E-state index in [2.05, 4.69) is 4.72 Å². The zero-order valence-electron chi connectivity index (χ0n) is 16.6. The van der Waals surface area contributed by atoms with E-state index in [0.29, 0.717) is 29.9 Å². The zero-order chi connectivity index (χ0) is 21.5. The third-order valence-corrected chi connectivity index (χ3v) is 10.0. The van der Waals surface area contributed by atoms with Crippen molar-refractivity contribution in [2.24, 2.45) is 0 Å². The summed E-state index contributed by atoms with van der Waals surface area (Å²) in [6.45, 7) is 3.99. The highest BCUT2D eigenvalue weighted by Gasteiger charge is 2.30. The number of nitrogens with zero attached hydrogens (tertiary/aromatic N) is 1. The van der Waals surface area contributed by atoms with Gasteiger partial charge in [-0.05, 0) is 73.0 Å². The topological polar surface area (TPSA) is 83.6 Å². The number of nitrogens with one attached hydrogen (secondary N) is 1. The number of thiophene rings is 1. The van der Waals surface area contributed by atoms with Gasteiger partial charge in [0.2, 0.25) is 0 Å². The van der Waals surface area contributed by atoms with E-state index in [1.807, 2.05) is 13.0 Å². The summed E-state index contributed by atoms with van der Waals surface area (Å²) in [5, 5.41) is 1.73. The molecule has 2 aromatic carbocycles. The number of sulfonamides is 2. The van der Waals surface area contributed by atoms with Gasteiger partial charge >= 0.3 is 0 Å². The van der Waals surface area contributed by atoms with Crippen molar-refractivity contribution < 1.29 is 16.8 Å². The molecule has 3 aromatic rings. The predicted octanol–water partition coefficient (Wildman–Crippen LogP) is 4.31. The van der Waals surface area contributed by atoms with Gasteiger partial charge in [-0.3, -0.25) is 9.03 Å². The third kappa shape index (κ3) is 3.73. The quantitative estimate of drug-likeness (QED) is 0.613. The van der Waals surface area contributed by atoms with Gasteiger partial charge in [0.05, 0.1) is 16.3 Å². The van der Waals surface area contributed by atoms with Crippen molar-refractivity contribution in [2.75, 3.05) is 15.6 Å². The summed E-state index contributed by atoms with van der Waals surface area (Å²) in [7, 11) is -7.49. The van der Waals surface area contributed by atoms with Gasteiger partial charge in [0.1, 0.15) is 4.21 Å². The normalized spacial score (nSPS) is 14.4. The Hall–Kier alpha value is -2.36. The van der Waals surface area contributed by atoms with E-state index in [9.17, 15) is 16.8 Å². The molecule has 0 bridgehead atoms. The average Bonchev–Trinajstić information content (AvgIpc) is 3.25. The fourth-order valence-corrected chi connectivity index (χ4v) is 7.60. The van der Waals surface area contributed by atoms with Crippen LogP contribution in [-0.2, 0) is 26.5 Å². The Kier molecular flexibility index (Phi) is 5.37. The Morgan fingerprint density at radius 3 is 2.53 bits per heavy atom. The van der Waals surface area contributed by atoms with Crippen LogP contribution in [0.25, 0.3) is 0 Å². The number of benzene rings is 2. The molecule has 2 heterocycles. The summed E-state index contributed by atoms with van der Waals surface area (Å²) in [6.07, 6.45) is 1.46. The lowest BCUT2D eigenvalue weighted by molar-refractivity contribution is 0.588. The minimum atomic E-state index is -3.81. The molecule has 0 atom stereocenters. The van der Waals surface area contributed by atoms with Crippen molar-refractivity contribution in [1.82, 2.24) is 0 Å². The monoisotopic (exact) mass is 462 g/mol. The zero-order valence-corrected chi connectivity index (χ0v) is 19.1. The summed E-state index contributed by atoms with van der Waals surface area (Å²) < 4.78 is 56.4. The van der Waals surface area contributed by atoms with Crippen LogP contribution in [0.4, 0.5) is 11.4 Å². The smallest absolute Gasteiger partial charge is 0.273 e. The van der Waals surface area contributed by atoms with Crippen molar-refractivity contribution >= 4 is 42.8 Å². The fourth-order valence-electron chi connectivity index (χ4n) is 3.60. The molecule has 1 aliphatic rings. The van der Waals surface area contributed by atoms with Gasteiger partial charge in [-0.1, -0.05) is 24.3 Å². The Labute approximate surface area is 181 Å². The molecule has 1 aromatic heterocycles. The van der Waals surface area contributed by atoms with Crippen molar-refractivity contribution in [3.8, 4) is 0 Å². The van der Waals surface area contributed by atoms with Crippen LogP contribution in [0.1, 0.15) is 23.1 Å². The minimum Gasteiger partial charge on any atom is -0.280 e. The van der Waals surface area contributed by atoms with Crippen LogP contribution in [-0.4, -0.2) is 23.4 Å². The summed E-state index contributed by atoms with van der Waals surface area (Å²) in [5.74, 6) is 0. The fraction of sp³-hybridized carbons (Fsp3) is 0.238. The van der Waals surface area contributed by atoms with Crippen molar-refractivity contribution in [3.63, 3.8) is 0 Å². The Balaban J connectivity index is 1.72. The third-order valence-electron chi connectivity index (χ3n) is 5.30. The SMILES string of the molecule is Cc1cccc(S(=O)(=O)Nc2ccc3c(c2)N(S(=O)(=O)c2cccs2)CCC3)c1C. The largest absolute Gasteiger partial charge is 0.280 e. The molecule has 0 fully saturated rings. The molecule has 0 amide bonds. The lowest BCUT2D eigenvalue weighted by Crippen LogP contribution is -2.35. The second-order valence-corrected chi connectivity index (χ2v) is 11.9. The molecule has 0 saturated heterocycles. The molecule has 9 heteroatoms. The van der Waals surface area contributed by atoms with E-state index in [0.717, 1.165) is 17.5 Å². The predicted molar refractivity (Wildman–Crippen MR) is 120 cm³/mol. The maximum Gasteiger partial charge on any atom is 0.273 e. The molecule has 1 N–H and O–H groups in total. The first-order chi connectivity index (χ1) is 14.2. The number of rotatable bonds is 5. The van der Waals surface area contributed by atoms with Crippen molar-refractivity contribution in [3.05, 3.63) is 70.6 Å². The molecular weight excluding hydrogens is 440 g/mol. The second kappa shape index (κ2) is 7.72. The molecule has 0 radical (unpaired) electrons. The Morgan fingerprint density at radius 2 is 1.80 bits per heavy atom. The van der Waals surface area contributed by atoms with Crippen LogP contribution in [0.15, 0.2) is 63.0 Å². The molecule has 30 heavy (non-hydrogen) atoms. The van der Waals surface area contributed by atoms with Crippen LogP contribution in [0.2, 0.25) is 0 Å². The molecule has 158 valence electrons. The number of anilines is 2. The van der Waals surface area contributed by atoms with Gasteiger partial charge in [0, 0.05) is 6.54 Å². The first-order valence-corrected chi connectivity index (χ1v) is 13.3. The van der Waals surface area contributed by atoms with E-state index >= 15 is 0 Å². The van der Waals surface area contributed by atoms with Crippen LogP contribution in [0.5, 0.6) is 0 Å². The number of fused-ring (bicyclic) bond motifs is 1. The van der Waals surface area contributed by atoms with E-state index in [1.54, 1.807) is 54.8 Å². The van der Waals surface area contributed by atoms with Gasteiger partial charge < -0.3 is 0 Å². The van der Waals surface area contributed by atoms with E-state index in [4.69, 9.17) is 0 Å². The van der Waals surface area contributed by atoms with Gasteiger partial charge in [0.25, 0.3) is 20.0 Å². The van der Waals surface area contributed by atoms with Crippen LogP contribution in [0, 0.1) is 13.8 Å². The Morgan fingerprint density at radius 1 is 1.00 bits per heavy atom. The molecule has 0 aliphatic carbocycles.